The van der Waals surface area contributed by atoms with Crippen molar-refractivity contribution in [3.63, 3.8) is 0 Å². The van der Waals surface area contributed by atoms with Crippen molar-refractivity contribution in [3.05, 3.63) is 78.4 Å². The number of rotatable bonds is 5. The third kappa shape index (κ3) is 4.46. The molecule has 0 radical (unpaired) electrons. The van der Waals surface area contributed by atoms with Crippen LogP contribution in [0.15, 0.2) is 67.1 Å². The number of likely N-dealkylation sites (tertiary alicyclic amines) is 1. The second-order valence-corrected chi connectivity index (χ2v) is 10.4. The van der Waals surface area contributed by atoms with E-state index in [0.29, 0.717) is 25.5 Å². The van der Waals surface area contributed by atoms with E-state index in [9.17, 15) is 4.79 Å². The zero-order valence-electron chi connectivity index (χ0n) is 21.6. The van der Waals surface area contributed by atoms with Gasteiger partial charge in [0, 0.05) is 54.9 Å². The quantitative estimate of drug-likeness (QED) is 0.366. The number of anilines is 1. The van der Waals surface area contributed by atoms with Gasteiger partial charge in [0.1, 0.15) is 11.8 Å². The van der Waals surface area contributed by atoms with Crippen molar-refractivity contribution in [2.45, 2.75) is 31.7 Å². The van der Waals surface area contributed by atoms with Crippen LogP contribution >= 0.6 is 0 Å². The average Bonchev–Trinajstić information content (AvgIpc) is 3.74. The number of amides is 1. The van der Waals surface area contributed by atoms with Crippen molar-refractivity contribution in [3.8, 4) is 11.1 Å². The summed E-state index contributed by atoms with van der Waals surface area (Å²) in [6, 6.07) is 18.7. The molecule has 2 aliphatic rings. The Bertz CT molecular complexity index is 1650. The van der Waals surface area contributed by atoms with Gasteiger partial charge >= 0.3 is 6.09 Å². The third-order valence-corrected chi connectivity index (χ3v) is 7.80. The van der Waals surface area contributed by atoms with Gasteiger partial charge in [0.2, 0.25) is 0 Å². The fourth-order valence-corrected chi connectivity index (χ4v) is 5.80. The second-order valence-electron chi connectivity index (χ2n) is 10.4. The molecule has 0 bridgehead atoms. The van der Waals surface area contributed by atoms with E-state index in [1.165, 1.54) is 11.9 Å². The molecule has 198 valence electrons. The van der Waals surface area contributed by atoms with Crippen molar-refractivity contribution in [2.75, 3.05) is 31.9 Å². The smallest absolute Gasteiger partial charge is 0.382 e. The number of benzene rings is 2. The average molecular weight is 523 g/mol. The molecule has 0 spiro atoms. The molecular weight excluding hydrogens is 492 g/mol. The topological polar surface area (TPSA) is 107 Å². The summed E-state index contributed by atoms with van der Waals surface area (Å²) in [6.07, 6.45) is 6.24. The Morgan fingerprint density at radius 1 is 1.05 bits per heavy atom. The number of nitrogen functional groups attached to an aromatic ring is 1. The lowest BCUT2D eigenvalue weighted by molar-refractivity contribution is -0.0929. The number of hydrogen-bond acceptors (Lipinski definition) is 7. The van der Waals surface area contributed by atoms with E-state index in [4.69, 9.17) is 15.7 Å². The molecule has 0 aliphatic carbocycles. The first-order valence-electron chi connectivity index (χ1n) is 13.5. The molecule has 3 aromatic heterocycles. The summed E-state index contributed by atoms with van der Waals surface area (Å²) in [5.41, 5.74) is 12.3. The van der Waals surface area contributed by atoms with Crippen molar-refractivity contribution < 1.29 is 9.63 Å². The Kier molecular flexibility index (Phi) is 5.89. The Hall–Kier alpha value is -4.44. The van der Waals surface area contributed by atoms with Gasteiger partial charge in [0.25, 0.3) is 0 Å². The molecule has 2 saturated heterocycles. The molecule has 2 N–H and O–H groups in total. The first-order chi connectivity index (χ1) is 19.1. The van der Waals surface area contributed by atoms with Gasteiger partial charge in [0.05, 0.1) is 12.1 Å². The van der Waals surface area contributed by atoms with Crippen LogP contribution in [0.1, 0.15) is 36.4 Å². The molecule has 39 heavy (non-hydrogen) atoms. The summed E-state index contributed by atoms with van der Waals surface area (Å²) in [6.45, 7) is 3.54. The van der Waals surface area contributed by atoms with E-state index in [1.807, 2.05) is 27.4 Å². The minimum atomic E-state index is -0.272. The number of hydroxylamine groups is 2. The molecule has 2 fully saturated rings. The maximum absolute atomic E-state index is 12.8. The second kappa shape index (κ2) is 9.70. The molecular formula is C29H30N8O2. The molecule has 1 atom stereocenters. The summed E-state index contributed by atoms with van der Waals surface area (Å²) >= 11 is 0. The van der Waals surface area contributed by atoms with E-state index >= 15 is 0 Å². The number of hydrogen-bond donors (Lipinski definition) is 1. The predicted octanol–water partition coefficient (Wildman–Crippen LogP) is 4.31. The van der Waals surface area contributed by atoms with Gasteiger partial charge < -0.3 is 15.5 Å². The van der Waals surface area contributed by atoms with Gasteiger partial charge in [0.15, 0.2) is 5.82 Å². The molecule has 2 aromatic carbocycles. The summed E-state index contributed by atoms with van der Waals surface area (Å²) in [5.74, 6) is 0.532. The molecule has 5 aromatic rings. The highest BCUT2D eigenvalue weighted by Gasteiger charge is 2.33. The van der Waals surface area contributed by atoms with Crippen LogP contribution in [-0.4, -0.2) is 66.6 Å². The van der Waals surface area contributed by atoms with Crippen molar-refractivity contribution in [1.29, 1.82) is 0 Å². The van der Waals surface area contributed by atoms with E-state index in [1.54, 1.807) is 9.96 Å². The molecule has 5 heterocycles. The van der Waals surface area contributed by atoms with Gasteiger partial charge in [-0.1, -0.05) is 42.5 Å². The Labute approximate surface area is 225 Å². The minimum absolute atomic E-state index is 0.112. The van der Waals surface area contributed by atoms with Crippen LogP contribution < -0.4 is 5.73 Å². The van der Waals surface area contributed by atoms with Crippen molar-refractivity contribution in [1.82, 2.24) is 34.3 Å². The number of carbonyl (C=O) groups excluding carboxylic acids is 1. The minimum Gasteiger partial charge on any atom is -0.382 e. The van der Waals surface area contributed by atoms with Gasteiger partial charge in [-0.3, -0.25) is 4.68 Å². The van der Waals surface area contributed by atoms with E-state index in [2.05, 4.69) is 52.7 Å². The van der Waals surface area contributed by atoms with E-state index < -0.39 is 0 Å². The standard InChI is InChI=1S/C29H30N8O2/c30-28-27-24(21-8-9-22-18-35(33-25(22)14-21)16-20-6-2-1-3-7-20)15-26(37(27)32-19-31-28)23-10-13-34(17-23)29(38)39-36-11-4-5-12-36/h1-3,6-9,14-15,18-19,23H,4-5,10-13,16-17H2,(H2,30,31,32). The lowest BCUT2D eigenvalue weighted by Gasteiger charge is -2.20. The number of nitrogens with two attached hydrogens (primary N) is 1. The Balaban J connectivity index is 1.19. The van der Waals surface area contributed by atoms with Crippen LogP contribution in [0.2, 0.25) is 0 Å². The SMILES string of the molecule is Nc1ncnn2c(C3CCN(C(=O)ON4CCCC4)C3)cc(-c3ccc4cn(Cc5ccccc5)nc4c3)c12. The van der Waals surface area contributed by atoms with Gasteiger partial charge in [-0.2, -0.15) is 10.2 Å². The van der Waals surface area contributed by atoms with Crippen LogP contribution in [0.5, 0.6) is 0 Å². The number of nitrogens with zero attached hydrogens (tertiary/aromatic N) is 7. The fourth-order valence-electron chi connectivity index (χ4n) is 5.80. The van der Waals surface area contributed by atoms with E-state index in [-0.39, 0.29) is 12.0 Å². The highest BCUT2D eigenvalue weighted by Crippen LogP contribution is 2.37. The van der Waals surface area contributed by atoms with Gasteiger partial charge in [-0.15, -0.1) is 5.06 Å². The molecule has 2 aliphatic heterocycles. The number of aromatic nitrogens is 5. The van der Waals surface area contributed by atoms with E-state index in [0.717, 1.165) is 65.6 Å². The molecule has 10 heteroatoms. The first-order valence-corrected chi connectivity index (χ1v) is 13.5. The maximum Gasteiger partial charge on any atom is 0.428 e. The number of fused-ring (bicyclic) bond motifs is 2. The highest BCUT2D eigenvalue weighted by molar-refractivity contribution is 5.92. The monoisotopic (exact) mass is 522 g/mol. The van der Waals surface area contributed by atoms with Crippen LogP contribution in [0.3, 0.4) is 0 Å². The molecule has 0 saturated carbocycles. The number of carbonyl (C=O) groups is 1. The van der Waals surface area contributed by atoms with Crippen molar-refractivity contribution >= 4 is 28.3 Å². The van der Waals surface area contributed by atoms with Crippen LogP contribution in [0.25, 0.3) is 27.5 Å². The summed E-state index contributed by atoms with van der Waals surface area (Å²) in [4.78, 5) is 24.4. The zero-order chi connectivity index (χ0) is 26.3. The highest BCUT2D eigenvalue weighted by atomic mass is 16.7. The summed E-state index contributed by atoms with van der Waals surface area (Å²) < 4.78 is 3.86. The largest absolute Gasteiger partial charge is 0.428 e. The third-order valence-electron chi connectivity index (χ3n) is 7.80. The van der Waals surface area contributed by atoms with Crippen LogP contribution in [0, 0.1) is 0 Å². The normalized spacial score (nSPS) is 17.9. The van der Waals surface area contributed by atoms with Crippen LogP contribution in [0.4, 0.5) is 10.6 Å². The summed E-state index contributed by atoms with van der Waals surface area (Å²) in [5, 5.41) is 12.2. The summed E-state index contributed by atoms with van der Waals surface area (Å²) in [7, 11) is 0. The van der Waals surface area contributed by atoms with Gasteiger partial charge in [-0.05, 0) is 42.5 Å². The first kappa shape index (κ1) is 23.7. The zero-order valence-corrected chi connectivity index (χ0v) is 21.6. The Morgan fingerprint density at radius 2 is 1.90 bits per heavy atom. The van der Waals surface area contributed by atoms with Crippen molar-refractivity contribution in [2.24, 2.45) is 0 Å². The molecule has 1 amide bonds. The lowest BCUT2D eigenvalue weighted by Crippen LogP contribution is -2.35. The molecule has 1 unspecified atom stereocenters. The maximum atomic E-state index is 12.8. The van der Waals surface area contributed by atoms with Crippen LogP contribution in [-0.2, 0) is 11.4 Å². The molecule has 7 rings (SSSR count). The predicted molar refractivity (Wildman–Crippen MR) is 148 cm³/mol. The Morgan fingerprint density at radius 3 is 2.74 bits per heavy atom. The fraction of sp³-hybridized carbons (Fsp3) is 0.310. The lowest BCUT2D eigenvalue weighted by atomic mass is 10.0. The van der Waals surface area contributed by atoms with Gasteiger partial charge in [-0.25, -0.2) is 14.3 Å². The molecule has 10 nitrogen and oxygen atoms in total.